The number of fused-ring (bicyclic) bond motifs is 1. The summed E-state index contributed by atoms with van der Waals surface area (Å²) in [6.07, 6.45) is 2.34. The zero-order valence-electron chi connectivity index (χ0n) is 9.49. The minimum atomic E-state index is -1.01. The normalized spacial score (nSPS) is 12.8. The minimum absolute atomic E-state index is 0.260. The van der Waals surface area contributed by atoms with Crippen LogP contribution in [0.3, 0.4) is 0 Å². The van der Waals surface area contributed by atoms with E-state index in [2.05, 4.69) is 5.10 Å². The molecule has 0 aliphatic rings. The second-order valence-electron chi connectivity index (χ2n) is 4.05. The van der Waals surface area contributed by atoms with Crippen molar-refractivity contribution < 1.29 is 9.50 Å². The van der Waals surface area contributed by atoms with Gasteiger partial charge in [0.05, 0.1) is 11.7 Å². The monoisotopic (exact) mass is 242 g/mol. The second-order valence-corrected chi connectivity index (χ2v) is 4.05. The van der Waals surface area contributed by atoms with Gasteiger partial charge in [-0.3, -0.25) is 0 Å². The molecule has 0 amide bonds. The summed E-state index contributed by atoms with van der Waals surface area (Å²) in [7, 11) is 0. The Kier molecular flexibility index (Phi) is 2.57. The summed E-state index contributed by atoms with van der Waals surface area (Å²) < 4.78 is 15.3. The summed E-state index contributed by atoms with van der Waals surface area (Å²) in [6.45, 7) is 0. The molecule has 2 aromatic heterocycles. The molecule has 90 valence electrons. The summed E-state index contributed by atoms with van der Waals surface area (Å²) in [6, 6.07) is 11.8. The molecule has 0 fully saturated rings. The van der Waals surface area contributed by atoms with Crippen LogP contribution < -0.4 is 0 Å². The van der Waals surface area contributed by atoms with Gasteiger partial charge in [0.25, 0.3) is 0 Å². The minimum Gasteiger partial charge on any atom is -0.383 e. The molecule has 1 unspecified atom stereocenters. The third kappa shape index (κ3) is 1.67. The number of aliphatic hydroxyl groups is 1. The molecule has 1 N–H and O–H groups in total. The van der Waals surface area contributed by atoms with Crippen molar-refractivity contribution >= 4 is 5.52 Å². The third-order valence-electron chi connectivity index (χ3n) is 2.95. The highest BCUT2D eigenvalue weighted by molar-refractivity contribution is 5.56. The zero-order valence-corrected chi connectivity index (χ0v) is 9.49. The van der Waals surface area contributed by atoms with E-state index in [0.29, 0.717) is 5.56 Å². The average Bonchev–Trinajstić information content (AvgIpc) is 2.82. The van der Waals surface area contributed by atoms with E-state index in [4.69, 9.17) is 0 Å². The van der Waals surface area contributed by atoms with Gasteiger partial charge in [-0.2, -0.15) is 5.10 Å². The molecule has 0 spiro atoms. The Hall–Kier alpha value is -2.20. The maximum absolute atomic E-state index is 13.6. The lowest BCUT2D eigenvalue weighted by Crippen LogP contribution is -2.02. The topological polar surface area (TPSA) is 37.5 Å². The van der Waals surface area contributed by atoms with Crippen LogP contribution in [0.5, 0.6) is 0 Å². The first kappa shape index (κ1) is 10.9. The number of aromatic nitrogens is 2. The van der Waals surface area contributed by atoms with Crippen LogP contribution in [-0.4, -0.2) is 14.7 Å². The van der Waals surface area contributed by atoms with Gasteiger partial charge < -0.3 is 5.11 Å². The van der Waals surface area contributed by atoms with Crippen molar-refractivity contribution in [2.24, 2.45) is 0 Å². The first-order valence-electron chi connectivity index (χ1n) is 5.62. The van der Waals surface area contributed by atoms with Gasteiger partial charge in [-0.15, -0.1) is 0 Å². The quantitative estimate of drug-likeness (QED) is 0.750. The van der Waals surface area contributed by atoms with Crippen molar-refractivity contribution in [1.82, 2.24) is 9.61 Å². The number of rotatable bonds is 2. The van der Waals surface area contributed by atoms with E-state index in [9.17, 15) is 9.50 Å². The maximum Gasteiger partial charge on any atom is 0.129 e. The Morgan fingerprint density at radius 3 is 2.67 bits per heavy atom. The lowest BCUT2D eigenvalue weighted by molar-refractivity contribution is 0.216. The van der Waals surface area contributed by atoms with Gasteiger partial charge in [0, 0.05) is 17.3 Å². The Morgan fingerprint density at radius 2 is 1.83 bits per heavy atom. The molecule has 1 atom stereocenters. The van der Waals surface area contributed by atoms with Crippen molar-refractivity contribution in [3.05, 3.63) is 71.8 Å². The van der Waals surface area contributed by atoms with Crippen LogP contribution in [0.1, 0.15) is 17.2 Å². The van der Waals surface area contributed by atoms with Crippen LogP contribution in [0.25, 0.3) is 5.52 Å². The van der Waals surface area contributed by atoms with Crippen molar-refractivity contribution in [3.8, 4) is 0 Å². The maximum atomic E-state index is 13.6. The molecule has 18 heavy (non-hydrogen) atoms. The molecule has 3 rings (SSSR count). The van der Waals surface area contributed by atoms with Crippen LogP contribution in [-0.2, 0) is 0 Å². The standard InChI is InChI=1S/C14H11FN2O/c15-12-6-2-1-5-10(12)14(18)11-9-16-17-8-4-3-7-13(11)17/h1-9,14,18H. The lowest BCUT2D eigenvalue weighted by atomic mass is 10.0. The summed E-state index contributed by atoms with van der Waals surface area (Å²) in [4.78, 5) is 0. The Bertz CT molecular complexity index is 693. The fourth-order valence-corrected chi connectivity index (χ4v) is 2.03. The molecule has 0 radical (unpaired) electrons. The largest absolute Gasteiger partial charge is 0.383 e. The predicted octanol–water partition coefficient (Wildman–Crippen LogP) is 2.56. The van der Waals surface area contributed by atoms with Crippen LogP contribution in [0, 0.1) is 5.82 Å². The van der Waals surface area contributed by atoms with Crippen LogP contribution in [0.15, 0.2) is 54.9 Å². The zero-order chi connectivity index (χ0) is 12.5. The molecule has 0 saturated carbocycles. The van der Waals surface area contributed by atoms with Crippen LogP contribution in [0.2, 0.25) is 0 Å². The molecule has 1 aromatic carbocycles. The molecule has 3 nitrogen and oxygen atoms in total. The number of aliphatic hydroxyl groups excluding tert-OH is 1. The van der Waals surface area contributed by atoms with Gasteiger partial charge in [-0.05, 0) is 18.2 Å². The molecule has 0 bridgehead atoms. The molecule has 0 aliphatic carbocycles. The van der Waals surface area contributed by atoms with Crippen molar-refractivity contribution in [2.45, 2.75) is 6.10 Å². The van der Waals surface area contributed by atoms with Gasteiger partial charge >= 0.3 is 0 Å². The van der Waals surface area contributed by atoms with Gasteiger partial charge in [-0.1, -0.05) is 24.3 Å². The third-order valence-corrected chi connectivity index (χ3v) is 2.95. The van der Waals surface area contributed by atoms with Crippen molar-refractivity contribution in [2.75, 3.05) is 0 Å². The number of hydrogen-bond acceptors (Lipinski definition) is 2. The molecule has 2 heterocycles. The first-order valence-corrected chi connectivity index (χ1v) is 5.62. The van der Waals surface area contributed by atoms with Gasteiger partial charge in [0.2, 0.25) is 0 Å². The van der Waals surface area contributed by atoms with E-state index in [1.807, 2.05) is 18.2 Å². The SMILES string of the molecule is OC(c1ccccc1F)c1cnn2ccccc12. The smallest absolute Gasteiger partial charge is 0.129 e. The van der Waals surface area contributed by atoms with E-state index in [-0.39, 0.29) is 5.56 Å². The van der Waals surface area contributed by atoms with Crippen LogP contribution >= 0.6 is 0 Å². The number of benzene rings is 1. The van der Waals surface area contributed by atoms with Gasteiger partial charge in [0.15, 0.2) is 0 Å². The summed E-state index contributed by atoms with van der Waals surface area (Å²) >= 11 is 0. The number of halogens is 1. The highest BCUT2D eigenvalue weighted by Gasteiger charge is 2.18. The Balaban J connectivity index is 2.13. The van der Waals surface area contributed by atoms with Gasteiger partial charge in [0.1, 0.15) is 11.9 Å². The van der Waals surface area contributed by atoms with Crippen LogP contribution in [0.4, 0.5) is 4.39 Å². The first-order chi connectivity index (χ1) is 8.77. The highest BCUT2D eigenvalue weighted by atomic mass is 19.1. The summed E-state index contributed by atoms with van der Waals surface area (Å²) in [5, 5.41) is 14.4. The average molecular weight is 242 g/mol. The van der Waals surface area contributed by atoms with E-state index >= 15 is 0 Å². The number of nitrogens with zero attached hydrogens (tertiary/aromatic N) is 2. The number of pyridine rings is 1. The highest BCUT2D eigenvalue weighted by Crippen LogP contribution is 2.26. The molecule has 0 aliphatic heterocycles. The van der Waals surface area contributed by atoms with E-state index in [1.54, 1.807) is 35.1 Å². The molecule has 3 aromatic rings. The van der Waals surface area contributed by atoms with E-state index < -0.39 is 11.9 Å². The second kappa shape index (κ2) is 4.23. The van der Waals surface area contributed by atoms with Crippen molar-refractivity contribution in [1.29, 1.82) is 0 Å². The molecule has 4 heteroatoms. The Morgan fingerprint density at radius 1 is 1.06 bits per heavy atom. The van der Waals surface area contributed by atoms with E-state index in [1.165, 1.54) is 6.07 Å². The predicted molar refractivity (Wildman–Crippen MR) is 65.7 cm³/mol. The van der Waals surface area contributed by atoms with Gasteiger partial charge in [-0.25, -0.2) is 8.91 Å². The fraction of sp³-hybridized carbons (Fsp3) is 0.0714. The summed E-state index contributed by atoms with van der Waals surface area (Å²) in [5.74, 6) is -0.416. The molecular formula is C14H11FN2O. The lowest BCUT2D eigenvalue weighted by Gasteiger charge is -2.10. The summed E-state index contributed by atoms with van der Waals surface area (Å²) in [5.41, 5.74) is 1.63. The van der Waals surface area contributed by atoms with E-state index in [0.717, 1.165) is 5.52 Å². The number of hydrogen-bond donors (Lipinski definition) is 1. The van der Waals surface area contributed by atoms with Crippen molar-refractivity contribution in [3.63, 3.8) is 0 Å². The fourth-order valence-electron chi connectivity index (χ4n) is 2.03. The molecule has 0 saturated heterocycles. The Labute approximate surface area is 103 Å². The molecular weight excluding hydrogens is 231 g/mol.